The summed E-state index contributed by atoms with van der Waals surface area (Å²) in [5, 5.41) is 6.82. The Morgan fingerprint density at radius 3 is 2.93 bits per heavy atom. The van der Waals surface area contributed by atoms with Crippen LogP contribution in [0.1, 0.15) is 18.0 Å². The van der Waals surface area contributed by atoms with Crippen molar-refractivity contribution in [2.75, 3.05) is 5.32 Å². The molecule has 0 unspecified atom stereocenters. The zero-order chi connectivity index (χ0) is 10.7. The summed E-state index contributed by atoms with van der Waals surface area (Å²) in [6.07, 6.45) is 3.48. The Morgan fingerprint density at radius 1 is 1.40 bits per heavy atom. The van der Waals surface area contributed by atoms with Crippen LogP contribution in [0.5, 0.6) is 0 Å². The van der Waals surface area contributed by atoms with Crippen LogP contribution in [0.3, 0.4) is 0 Å². The van der Waals surface area contributed by atoms with Gasteiger partial charge < -0.3 is 5.32 Å². The van der Waals surface area contributed by atoms with Crippen LogP contribution in [0.2, 0.25) is 5.15 Å². The molecule has 2 heterocycles. The zero-order valence-electron chi connectivity index (χ0n) is 8.14. The van der Waals surface area contributed by atoms with Crippen LogP contribution in [0.4, 0.5) is 5.69 Å². The minimum Gasteiger partial charge on any atom is -0.376 e. The van der Waals surface area contributed by atoms with Crippen molar-refractivity contribution in [2.45, 2.75) is 13.0 Å². The second kappa shape index (κ2) is 4.59. The van der Waals surface area contributed by atoms with Gasteiger partial charge in [0.25, 0.3) is 0 Å². The van der Waals surface area contributed by atoms with Crippen molar-refractivity contribution in [3.8, 4) is 0 Å². The third kappa shape index (κ3) is 2.67. The first-order chi connectivity index (χ1) is 7.25. The molecule has 5 heteroatoms. The first-order valence-corrected chi connectivity index (χ1v) is 5.79. The van der Waals surface area contributed by atoms with Crippen molar-refractivity contribution in [2.24, 2.45) is 0 Å². The van der Waals surface area contributed by atoms with Crippen LogP contribution in [0.25, 0.3) is 0 Å². The lowest BCUT2D eigenvalue weighted by molar-refractivity contribution is 0.869. The summed E-state index contributed by atoms with van der Waals surface area (Å²) in [5.74, 6) is 0. The van der Waals surface area contributed by atoms with E-state index in [0.29, 0.717) is 5.15 Å². The molecule has 0 bridgehead atoms. The van der Waals surface area contributed by atoms with Gasteiger partial charge in [0.1, 0.15) is 10.2 Å². The third-order valence-electron chi connectivity index (χ3n) is 1.93. The normalized spacial score (nSPS) is 12.4. The zero-order valence-corrected chi connectivity index (χ0v) is 9.72. The molecule has 0 amide bonds. The summed E-state index contributed by atoms with van der Waals surface area (Å²) in [6.45, 7) is 2.06. The molecule has 1 atom stereocenters. The summed E-state index contributed by atoms with van der Waals surface area (Å²) in [7, 11) is 0. The van der Waals surface area contributed by atoms with E-state index < -0.39 is 0 Å². The fraction of sp³-hybridized carbons (Fsp3) is 0.200. The molecule has 2 aromatic heterocycles. The highest BCUT2D eigenvalue weighted by Gasteiger charge is 2.07. The Balaban J connectivity index is 2.09. The molecule has 0 aliphatic rings. The number of rotatable bonds is 3. The lowest BCUT2D eigenvalue weighted by Gasteiger charge is -2.12. The average molecular weight is 240 g/mol. The van der Waals surface area contributed by atoms with E-state index in [-0.39, 0.29) is 6.04 Å². The van der Waals surface area contributed by atoms with E-state index in [1.807, 2.05) is 11.4 Å². The topological polar surface area (TPSA) is 37.8 Å². The number of halogens is 1. The third-order valence-corrected chi connectivity index (χ3v) is 3.10. The fourth-order valence-corrected chi connectivity index (χ4v) is 2.07. The predicted molar refractivity (Wildman–Crippen MR) is 63.4 cm³/mol. The second-order valence-corrected chi connectivity index (χ2v) is 4.42. The Kier molecular flexibility index (Phi) is 3.18. The summed E-state index contributed by atoms with van der Waals surface area (Å²) in [4.78, 5) is 8.16. The van der Waals surface area contributed by atoms with E-state index in [9.17, 15) is 0 Å². The number of hydrogen-bond donors (Lipinski definition) is 1. The maximum Gasteiger partial charge on any atom is 0.131 e. The molecule has 0 radical (unpaired) electrons. The van der Waals surface area contributed by atoms with E-state index in [4.69, 9.17) is 11.6 Å². The number of nitrogens with one attached hydrogen (secondary N) is 1. The molecule has 0 aliphatic heterocycles. The van der Waals surface area contributed by atoms with Gasteiger partial charge in [0.2, 0.25) is 0 Å². The van der Waals surface area contributed by atoms with Crippen molar-refractivity contribution in [3.63, 3.8) is 0 Å². The molecule has 0 aromatic carbocycles. The van der Waals surface area contributed by atoms with Gasteiger partial charge in [-0.05, 0) is 19.1 Å². The lowest BCUT2D eigenvalue weighted by Crippen LogP contribution is -2.05. The maximum absolute atomic E-state index is 5.79. The molecule has 15 heavy (non-hydrogen) atoms. The Bertz CT molecular complexity index is 430. The van der Waals surface area contributed by atoms with Crippen LogP contribution in [0, 0.1) is 0 Å². The largest absolute Gasteiger partial charge is 0.376 e. The molecule has 2 aromatic rings. The molecular weight excluding hydrogens is 230 g/mol. The predicted octanol–water partition coefficient (Wildman–Crippen LogP) is 3.36. The van der Waals surface area contributed by atoms with Crippen LogP contribution >= 0.6 is 22.9 Å². The van der Waals surface area contributed by atoms with Crippen molar-refractivity contribution in [1.29, 1.82) is 0 Å². The summed E-state index contributed by atoms with van der Waals surface area (Å²) >= 11 is 7.42. The van der Waals surface area contributed by atoms with Crippen molar-refractivity contribution in [3.05, 3.63) is 40.1 Å². The molecular formula is C10H10ClN3S. The highest BCUT2D eigenvalue weighted by atomic mass is 35.5. The van der Waals surface area contributed by atoms with Crippen LogP contribution in [0.15, 0.2) is 29.9 Å². The molecule has 2 rings (SSSR count). The van der Waals surface area contributed by atoms with Crippen molar-refractivity contribution >= 4 is 28.6 Å². The number of hydrogen-bond acceptors (Lipinski definition) is 4. The van der Waals surface area contributed by atoms with E-state index >= 15 is 0 Å². The second-order valence-electron chi connectivity index (χ2n) is 3.10. The quantitative estimate of drug-likeness (QED) is 0.835. The van der Waals surface area contributed by atoms with Gasteiger partial charge in [-0.25, -0.2) is 9.97 Å². The number of nitrogens with zero attached hydrogens (tertiary/aromatic N) is 2. The van der Waals surface area contributed by atoms with Gasteiger partial charge in [0, 0.05) is 23.5 Å². The highest BCUT2D eigenvalue weighted by molar-refractivity contribution is 7.09. The Labute approximate surface area is 97.2 Å². The maximum atomic E-state index is 5.79. The van der Waals surface area contributed by atoms with Gasteiger partial charge in [-0.15, -0.1) is 11.3 Å². The monoisotopic (exact) mass is 239 g/mol. The number of aromatic nitrogens is 2. The summed E-state index contributed by atoms with van der Waals surface area (Å²) in [5.41, 5.74) is 0.956. The van der Waals surface area contributed by atoms with E-state index in [1.165, 1.54) is 0 Å². The molecule has 0 aliphatic carbocycles. The molecule has 1 N–H and O–H groups in total. The van der Waals surface area contributed by atoms with Gasteiger partial charge in [-0.2, -0.15) is 0 Å². The molecule has 78 valence electrons. The molecule has 3 nitrogen and oxygen atoms in total. The number of pyridine rings is 1. The fourth-order valence-electron chi connectivity index (χ4n) is 1.25. The van der Waals surface area contributed by atoms with E-state index in [0.717, 1.165) is 10.7 Å². The van der Waals surface area contributed by atoms with Gasteiger partial charge in [0.05, 0.1) is 6.04 Å². The summed E-state index contributed by atoms with van der Waals surface area (Å²) < 4.78 is 0. The van der Waals surface area contributed by atoms with E-state index in [1.54, 1.807) is 29.8 Å². The SMILES string of the molecule is C[C@H](Nc1ccnc(Cl)c1)c1nccs1. The van der Waals surface area contributed by atoms with Crippen LogP contribution in [-0.2, 0) is 0 Å². The highest BCUT2D eigenvalue weighted by Crippen LogP contribution is 2.21. The lowest BCUT2D eigenvalue weighted by atomic mass is 10.3. The molecule has 0 saturated carbocycles. The molecule has 0 spiro atoms. The minimum absolute atomic E-state index is 0.184. The Hall–Kier alpha value is -1.13. The first-order valence-electron chi connectivity index (χ1n) is 4.53. The van der Waals surface area contributed by atoms with Gasteiger partial charge >= 0.3 is 0 Å². The van der Waals surface area contributed by atoms with Gasteiger partial charge in [0.15, 0.2) is 0 Å². The average Bonchev–Trinajstić information content (AvgIpc) is 2.70. The number of anilines is 1. The van der Waals surface area contributed by atoms with Crippen molar-refractivity contribution < 1.29 is 0 Å². The standard InChI is InChI=1S/C10H10ClN3S/c1-7(10-13-4-5-15-10)14-8-2-3-12-9(11)6-8/h2-7H,1H3,(H,12,14)/t7-/m0/s1. The van der Waals surface area contributed by atoms with Gasteiger partial charge in [-0.1, -0.05) is 11.6 Å². The number of thiazole rings is 1. The van der Waals surface area contributed by atoms with Crippen molar-refractivity contribution in [1.82, 2.24) is 9.97 Å². The molecule has 0 saturated heterocycles. The van der Waals surface area contributed by atoms with E-state index in [2.05, 4.69) is 22.2 Å². The summed E-state index contributed by atoms with van der Waals surface area (Å²) in [6, 6.07) is 3.87. The molecule has 0 fully saturated rings. The van der Waals surface area contributed by atoms with Crippen LogP contribution < -0.4 is 5.32 Å². The first kappa shape index (κ1) is 10.4. The smallest absolute Gasteiger partial charge is 0.131 e. The minimum atomic E-state index is 0.184. The van der Waals surface area contributed by atoms with Crippen LogP contribution in [-0.4, -0.2) is 9.97 Å². The van der Waals surface area contributed by atoms with Gasteiger partial charge in [-0.3, -0.25) is 0 Å². The Morgan fingerprint density at radius 2 is 2.27 bits per heavy atom.